The van der Waals surface area contributed by atoms with Gasteiger partial charge in [-0.1, -0.05) is 6.07 Å². The molecule has 1 fully saturated rings. The molecule has 1 aromatic rings. The first-order valence-electron chi connectivity index (χ1n) is 7.39. The smallest absolute Gasteiger partial charge is 0.133 e. The molecule has 1 saturated heterocycles. The van der Waals surface area contributed by atoms with Crippen LogP contribution >= 0.6 is 15.9 Å². The third kappa shape index (κ3) is 4.47. The Labute approximate surface area is 130 Å². The van der Waals surface area contributed by atoms with Crippen molar-refractivity contribution < 1.29 is 9.47 Å². The molecule has 0 radical (unpaired) electrons. The van der Waals surface area contributed by atoms with E-state index in [1.807, 2.05) is 6.07 Å². The molecule has 3 nitrogen and oxygen atoms in total. The summed E-state index contributed by atoms with van der Waals surface area (Å²) in [7, 11) is 1.69. The summed E-state index contributed by atoms with van der Waals surface area (Å²) in [4.78, 5) is 0. The molecule has 2 atom stereocenters. The molecule has 2 rings (SSSR count). The summed E-state index contributed by atoms with van der Waals surface area (Å²) >= 11 is 3.53. The van der Waals surface area contributed by atoms with Gasteiger partial charge in [0.05, 0.1) is 17.7 Å². The predicted octanol–water partition coefficient (Wildman–Crippen LogP) is 4.07. The molecule has 1 aliphatic heterocycles. The van der Waals surface area contributed by atoms with Crippen LogP contribution in [0.5, 0.6) is 5.75 Å². The monoisotopic (exact) mass is 341 g/mol. The van der Waals surface area contributed by atoms with Gasteiger partial charge in [-0.15, -0.1) is 0 Å². The Bertz CT molecular complexity index is 419. The van der Waals surface area contributed by atoms with Crippen molar-refractivity contribution in [1.29, 1.82) is 0 Å². The molecule has 1 N–H and O–H groups in total. The lowest BCUT2D eigenvalue weighted by Crippen LogP contribution is -2.27. The largest absolute Gasteiger partial charge is 0.496 e. The average molecular weight is 342 g/mol. The first kappa shape index (κ1) is 15.8. The molecular formula is C16H24BrNO2. The lowest BCUT2D eigenvalue weighted by atomic mass is 10.1. The molecule has 0 aromatic heterocycles. The van der Waals surface area contributed by atoms with Gasteiger partial charge in [-0.2, -0.15) is 0 Å². The van der Waals surface area contributed by atoms with Gasteiger partial charge < -0.3 is 14.8 Å². The van der Waals surface area contributed by atoms with Crippen molar-refractivity contribution >= 4 is 15.9 Å². The molecule has 1 aliphatic rings. The molecule has 0 amide bonds. The van der Waals surface area contributed by atoms with Crippen LogP contribution in [0.3, 0.4) is 0 Å². The summed E-state index contributed by atoms with van der Waals surface area (Å²) < 4.78 is 12.0. The zero-order valence-electron chi connectivity index (χ0n) is 12.3. The molecule has 20 heavy (non-hydrogen) atoms. The van der Waals surface area contributed by atoms with E-state index < -0.39 is 0 Å². The molecule has 1 aromatic carbocycles. The van der Waals surface area contributed by atoms with Gasteiger partial charge in [0.1, 0.15) is 5.75 Å². The van der Waals surface area contributed by atoms with Crippen LogP contribution in [0, 0.1) is 0 Å². The molecule has 0 saturated carbocycles. The maximum Gasteiger partial charge on any atom is 0.133 e. The fourth-order valence-electron chi connectivity index (χ4n) is 2.57. The van der Waals surface area contributed by atoms with Crippen molar-refractivity contribution in [3.63, 3.8) is 0 Å². The van der Waals surface area contributed by atoms with Crippen LogP contribution < -0.4 is 10.1 Å². The normalized spacial score (nSPS) is 20.6. The molecule has 0 spiro atoms. The lowest BCUT2D eigenvalue weighted by Gasteiger charge is -2.23. The van der Waals surface area contributed by atoms with E-state index in [9.17, 15) is 0 Å². The fourth-order valence-corrected chi connectivity index (χ4v) is 3.12. The van der Waals surface area contributed by atoms with E-state index in [2.05, 4.69) is 40.3 Å². The number of benzene rings is 1. The third-order valence-corrected chi connectivity index (χ3v) is 4.49. The molecule has 112 valence electrons. The van der Waals surface area contributed by atoms with Crippen molar-refractivity contribution in [3.05, 3.63) is 28.2 Å². The van der Waals surface area contributed by atoms with Gasteiger partial charge in [-0.3, -0.25) is 0 Å². The van der Waals surface area contributed by atoms with Crippen molar-refractivity contribution in [1.82, 2.24) is 5.32 Å². The van der Waals surface area contributed by atoms with Crippen molar-refractivity contribution in [2.24, 2.45) is 0 Å². The van der Waals surface area contributed by atoms with Gasteiger partial charge in [0, 0.05) is 12.6 Å². The van der Waals surface area contributed by atoms with E-state index in [4.69, 9.17) is 9.47 Å². The average Bonchev–Trinajstić information content (AvgIpc) is 2.48. The van der Waals surface area contributed by atoms with Crippen molar-refractivity contribution in [2.45, 2.75) is 44.8 Å². The van der Waals surface area contributed by atoms with Gasteiger partial charge in [0.2, 0.25) is 0 Å². The topological polar surface area (TPSA) is 30.5 Å². The zero-order chi connectivity index (χ0) is 14.4. The second kappa shape index (κ2) is 8.01. The van der Waals surface area contributed by atoms with E-state index in [0.29, 0.717) is 12.1 Å². The molecule has 2 unspecified atom stereocenters. The van der Waals surface area contributed by atoms with Gasteiger partial charge in [0.25, 0.3) is 0 Å². The first-order chi connectivity index (χ1) is 9.70. The molecule has 0 aliphatic carbocycles. The van der Waals surface area contributed by atoms with Crippen LogP contribution in [-0.2, 0) is 4.74 Å². The van der Waals surface area contributed by atoms with Crippen LogP contribution in [0.25, 0.3) is 0 Å². The number of hydrogen-bond donors (Lipinski definition) is 1. The van der Waals surface area contributed by atoms with Gasteiger partial charge in [-0.05, 0) is 72.8 Å². The number of hydrogen-bond acceptors (Lipinski definition) is 3. The molecular weight excluding hydrogens is 318 g/mol. The minimum atomic E-state index is 0.334. The summed E-state index contributed by atoms with van der Waals surface area (Å²) in [6, 6.07) is 6.56. The van der Waals surface area contributed by atoms with Crippen LogP contribution in [0.15, 0.2) is 22.7 Å². The number of nitrogens with one attached hydrogen (secondary N) is 1. The van der Waals surface area contributed by atoms with Gasteiger partial charge in [0.15, 0.2) is 0 Å². The van der Waals surface area contributed by atoms with E-state index in [0.717, 1.165) is 29.8 Å². The summed E-state index contributed by atoms with van der Waals surface area (Å²) in [5, 5.41) is 3.57. The molecule has 1 heterocycles. The van der Waals surface area contributed by atoms with Crippen molar-refractivity contribution in [3.8, 4) is 5.75 Å². The van der Waals surface area contributed by atoms with Gasteiger partial charge in [-0.25, -0.2) is 0 Å². The van der Waals surface area contributed by atoms with E-state index >= 15 is 0 Å². The summed E-state index contributed by atoms with van der Waals surface area (Å²) in [5.41, 5.74) is 1.27. The maximum atomic E-state index is 5.75. The minimum absolute atomic E-state index is 0.334. The first-order valence-corrected chi connectivity index (χ1v) is 8.18. The van der Waals surface area contributed by atoms with E-state index in [-0.39, 0.29) is 0 Å². The minimum Gasteiger partial charge on any atom is -0.496 e. The highest BCUT2D eigenvalue weighted by Crippen LogP contribution is 2.28. The second-order valence-electron chi connectivity index (χ2n) is 5.35. The Morgan fingerprint density at radius 3 is 2.95 bits per heavy atom. The fraction of sp³-hybridized carbons (Fsp3) is 0.625. The van der Waals surface area contributed by atoms with Crippen molar-refractivity contribution in [2.75, 3.05) is 20.3 Å². The number of methoxy groups -OCH3 is 1. The number of ether oxygens (including phenoxy) is 2. The Hall–Kier alpha value is -0.580. The summed E-state index contributed by atoms with van der Waals surface area (Å²) in [6.07, 6.45) is 5.29. The standard InChI is InChI=1S/C16H24BrNO2/c1-12(13-6-7-16(19-2)15(17)11-13)18-9-8-14-5-3-4-10-20-14/h6-7,11-12,14,18H,3-5,8-10H2,1-2H3. The SMILES string of the molecule is COc1ccc(C(C)NCCC2CCCCO2)cc1Br. The van der Waals surface area contributed by atoms with E-state index in [1.54, 1.807) is 7.11 Å². The predicted molar refractivity (Wildman–Crippen MR) is 85.3 cm³/mol. The Morgan fingerprint density at radius 1 is 1.45 bits per heavy atom. The summed E-state index contributed by atoms with van der Waals surface area (Å²) in [6.45, 7) is 4.12. The highest BCUT2D eigenvalue weighted by atomic mass is 79.9. The van der Waals surface area contributed by atoms with Crippen LogP contribution in [0.2, 0.25) is 0 Å². The van der Waals surface area contributed by atoms with Crippen LogP contribution in [0.4, 0.5) is 0 Å². The Morgan fingerprint density at radius 2 is 2.30 bits per heavy atom. The Kier molecular flexibility index (Phi) is 6.33. The van der Waals surface area contributed by atoms with E-state index in [1.165, 1.54) is 24.8 Å². The zero-order valence-corrected chi connectivity index (χ0v) is 13.9. The highest BCUT2D eigenvalue weighted by Gasteiger charge is 2.14. The van der Waals surface area contributed by atoms with Crippen LogP contribution in [0.1, 0.15) is 44.2 Å². The lowest BCUT2D eigenvalue weighted by molar-refractivity contribution is 0.0112. The quantitative estimate of drug-likeness (QED) is 0.845. The molecule has 0 bridgehead atoms. The molecule has 4 heteroatoms. The van der Waals surface area contributed by atoms with Crippen LogP contribution in [-0.4, -0.2) is 26.4 Å². The third-order valence-electron chi connectivity index (χ3n) is 3.87. The maximum absolute atomic E-state index is 5.75. The Balaban J connectivity index is 1.79. The number of rotatable bonds is 6. The summed E-state index contributed by atoms with van der Waals surface area (Å²) in [5.74, 6) is 0.872. The highest BCUT2D eigenvalue weighted by molar-refractivity contribution is 9.10. The van der Waals surface area contributed by atoms with Gasteiger partial charge >= 0.3 is 0 Å². The number of halogens is 1. The second-order valence-corrected chi connectivity index (χ2v) is 6.20.